The highest BCUT2D eigenvalue weighted by Crippen LogP contribution is 2.28. The number of rotatable bonds is 6. The molecule has 1 amide bonds. The van der Waals surface area contributed by atoms with Crippen molar-refractivity contribution in [2.45, 2.75) is 23.4 Å². The minimum absolute atomic E-state index is 0.159. The highest BCUT2D eigenvalue weighted by Gasteiger charge is 2.10. The van der Waals surface area contributed by atoms with Crippen molar-refractivity contribution in [2.24, 2.45) is 0 Å². The molecule has 24 heavy (non-hydrogen) atoms. The first kappa shape index (κ1) is 16.7. The smallest absolute Gasteiger partial charge is 0.257 e. The highest BCUT2D eigenvalue weighted by atomic mass is 32.2. The van der Waals surface area contributed by atoms with Gasteiger partial charge in [0.15, 0.2) is 4.34 Å². The summed E-state index contributed by atoms with van der Waals surface area (Å²) in [6.45, 7) is 2.09. The maximum Gasteiger partial charge on any atom is 0.257 e. The second-order valence-electron chi connectivity index (χ2n) is 5.15. The van der Waals surface area contributed by atoms with Crippen LogP contribution in [0.25, 0.3) is 0 Å². The Hall–Kier alpha value is -2.18. The summed E-state index contributed by atoms with van der Waals surface area (Å²) in [5.41, 5.74) is 3.07. The molecule has 0 aliphatic carbocycles. The largest absolute Gasteiger partial charge is 0.296 e. The van der Waals surface area contributed by atoms with E-state index in [0.717, 1.165) is 16.5 Å². The summed E-state index contributed by atoms with van der Waals surface area (Å²) in [5, 5.41) is 11.5. The van der Waals surface area contributed by atoms with Crippen molar-refractivity contribution in [2.75, 3.05) is 5.32 Å². The summed E-state index contributed by atoms with van der Waals surface area (Å²) >= 11 is 3.01. The third-order valence-electron chi connectivity index (χ3n) is 3.46. The van der Waals surface area contributed by atoms with Gasteiger partial charge in [0.2, 0.25) is 5.13 Å². The Balaban J connectivity index is 1.57. The average Bonchev–Trinajstić information content (AvgIpc) is 3.08. The summed E-state index contributed by atoms with van der Waals surface area (Å²) in [6, 6.07) is 17.8. The number of hydrogen-bond acceptors (Lipinski definition) is 5. The first-order valence-corrected chi connectivity index (χ1v) is 9.45. The number of aryl methyl sites for hydroxylation is 1. The van der Waals surface area contributed by atoms with Crippen LogP contribution in [0.2, 0.25) is 0 Å². The number of hydrogen-bond donors (Lipinski definition) is 1. The Bertz CT molecular complexity index is 801. The molecule has 4 nitrogen and oxygen atoms in total. The number of nitrogens with zero attached hydrogens (tertiary/aromatic N) is 2. The number of amides is 1. The van der Waals surface area contributed by atoms with Gasteiger partial charge >= 0.3 is 0 Å². The van der Waals surface area contributed by atoms with Crippen molar-refractivity contribution in [3.8, 4) is 0 Å². The summed E-state index contributed by atoms with van der Waals surface area (Å²) < 4.78 is 0.843. The van der Waals surface area contributed by atoms with Gasteiger partial charge in [-0.1, -0.05) is 72.5 Å². The minimum Gasteiger partial charge on any atom is -0.296 e. The van der Waals surface area contributed by atoms with Gasteiger partial charge < -0.3 is 0 Å². The molecule has 0 aliphatic rings. The molecule has 0 bridgehead atoms. The van der Waals surface area contributed by atoms with Crippen LogP contribution in [0.1, 0.15) is 28.4 Å². The number of anilines is 1. The Kier molecular flexibility index (Phi) is 5.61. The SMILES string of the molecule is CCc1ccc(C(=O)Nc2nnc(SCc3ccccc3)s2)cc1. The molecule has 0 unspecified atom stereocenters. The van der Waals surface area contributed by atoms with Crippen LogP contribution < -0.4 is 5.32 Å². The van der Waals surface area contributed by atoms with E-state index in [9.17, 15) is 4.79 Å². The van der Waals surface area contributed by atoms with Gasteiger partial charge in [-0.15, -0.1) is 10.2 Å². The van der Waals surface area contributed by atoms with Gasteiger partial charge in [-0.2, -0.15) is 0 Å². The van der Waals surface area contributed by atoms with Crippen molar-refractivity contribution in [1.82, 2.24) is 10.2 Å². The molecule has 0 saturated heterocycles. The van der Waals surface area contributed by atoms with E-state index in [1.54, 1.807) is 11.8 Å². The lowest BCUT2D eigenvalue weighted by Gasteiger charge is -2.02. The molecule has 1 N–H and O–H groups in total. The van der Waals surface area contributed by atoms with Gasteiger partial charge in [0.25, 0.3) is 5.91 Å². The maximum atomic E-state index is 12.2. The summed E-state index contributed by atoms with van der Waals surface area (Å²) in [4.78, 5) is 12.2. The van der Waals surface area contributed by atoms with E-state index in [0.29, 0.717) is 10.7 Å². The number of carbonyl (C=O) groups excluding carboxylic acids is 1. The molecule has 0 saturated carbocycles. The lowest BCUT2D eigenvalue weighted by molar-refractivity contribution is 0.102. The molecule has 0 spiro atoms. The third kappa shape index (κ3) is 4.43. The van der Waals surface area contributed by atoms with Crippen LogP contribution in [-0.2, 0) is 12.2 Å². The van der Waals surface area contributed by atoms with Crippen molar-refractivity contribution >= 4 is 34.1 Å². The van der Waals surface area contributed by atoms with Crippen LogP contribution in [0, 0.1) is 0 Å². The second-order valence-corrected chi connectivity index (χ2v) is 7.35. The second kappa shape index (κ2) is 8.08. The van der Waals surface area contributed by atoms with Crippen LogP contribution >= 0.6 is 23.1 Å². The molecule has 1 aromatic heterocycles. The standard InChI is InChI=1S/C18H17N3OS2/c1-2-13-8-10-15(11-9-13)16(22)19-17-20-21-18(24-17)23-12-14-6-4-3-5-7-14/h3-11H,2,12H2,1H3,(H,19,20,22). The minimum atomic E-state index is -0.159. The summed E-state index contributed by atoms with van der Waals surface area (Å²) in [6.07, 6.45) is 0.959. The van der Waals surface area contributed by atoms with Crippen molar-refractivity contribution < 1.29 is 4.79 Å². The highest BCUT2D eigenvalue weighted by molar-refractivity contribution is 8.00. The summed E-state index contributed by atoms with van der Waals surface area (Å²) in [5.74, 6) is 0.676. The predicted octanol–water partition coefficient (Wildman–Crippen LogP) is 4.65. The number of nitrogens with one attached hydrogen (secondary N) is 1. The van der Waals surface area contributed by atoms with Gasteiger partial charge in [-0.05, 0) is 29.7 Å². The zero-order valence-corrected chi connectivity index (χ0v) is 14.9. The molecule has 0 fully saturated rings. The third-order valence-corrected chi connectivity index (χ3v) is 5.50. The average molecular weight is 355 g/mol. The molecule has 0 atom stereocenters. The van der Waals surface area contributed by atoms with Gasteiger partial charge in [0.1, 0.15) is 0 Å². The van der Waals surface area contributed by atoms with Gasteiger partial charge in [-0.25, -0.2) is 0 Å². The van der Waals surface area contributed by atoms with E-state index in [2.05, 4.69) is 34.6 Å². The number of carbonyl (C=O) groups is 1. The molecule has 3 rings (SSSR count). The lowest BCUT2D eigenvalue weighted by atomic mass is 10.1. The molecule has 122 valence electrons. The van der Waals surface area contributed by atoms with Gasteiger partial charge in [-0.3, -0.25) is 10.1 Å². The van der Waals surface area contributed by atoms with E-state index in [-0.39, 0.29) is 5.91 Å². The molecular formula is C18H17N3OS2. The Morgan fingerprint density at radius 1 is 1.04 bits per heavy atom. The Morgan fingerprint density at radius 3 is 2.50 bits per heavy atom. The molecule has 6 heteroatoms. The summed E-state index contributed by atoms with van der Waals surface area (Å²) in [7, 11) is 0. The van der Waals surface area contributed by atoms with Crippen LogP contribution in [0.15, 0.2) is 58.9 Å². The molecule has 3 aromatic rings. The Morgan fingerprint density at radius 2 is 1.79 bits per heavy atom. The fourth-order valence-electron chi connectivity index (χ4n) is 2.10. The lowest BCUT2D eigenvalue weighted by Crippen LogP contribution is -2.11. The fraction of sp³-hybridized carbons (Fsp3) is 0.167. The molecule has 1 heterocycles. The Labute approximate surface area is 149 Å². The van der Waals surface area contributed by atoms with Crippen molar-refractivity contribution in [3.63, 3.8) is 0 Å². The first-order chi connectivity index (χ1) is 11.7. The molecular weight excluding hydrogens is 338 g/mol. The van der Waals surface area contributed by atoms with Crippen LogP contribution in [0.5, 0.6) is 0 Å². The van der Waals surface area contributed by atoms with Gasteiger partial charge in [0, 0.05) is 11.3 Å². The van der Waals surface area contributed by atoms with E-state index in [4.69, 9.17) is 0 Å². The monoisotopic (exact) mass is 355 g/mol. The number of benzene rings is 2. The molecule has 0 radical (unpaired) electrons. The van der Waals surface area contributed by atoms with E-state index in [1.807, 2.05) is 42.5 Å². The molecule has 0 aliphatic heterocycles. The first-order valence-electron chi connectivity index (χ1n) is 7.65. The fourth-order valence-corrected chi connectivity index (χ4v) is 3.80. The van der Waals surface area contributed by atoms with Crippen molar-refractivity contribution in [3.05, 3.63) is 71.3 Å². The van der Waals surface area contributed by atoms with Crippen LogP contribution in [0.4, 0.5) is 5.13 Å². The number of aromatic nitrogens is 2. The zero-order chi connectivity index (χ0) is 16.8. The topological polar surface area (TPSA) is 54.9 Å². The predicted molar refractivity (Wildman–Crippen MR) is 99.7 cm³/mol. The number of thioether (sulfide) groups is 1. The normalized spacial score (nSPS) is 10.5. The maximum absolute atomic E-state index is 12.2. The van der Waals surface area contributed by atoms with E-state index in [1.165, 1.54) is 22.5 Å². The van der Waals surface area contributed by atoms with E-state index < -0.39 is 0 Å². The quantitative estimate of drug-likeness (QED) is 0.517. The van der Waals surface area contributed by atoms with E-state index >= 15 is 0 Å². The van der Waals surface area contributed by atoms with Crippen LogP contribution in [-0.4, -0.2) is 16.1 Å². The zero-order valence-electron chi connectivity index (χ0n) is 13.2. The van der Waals surface area contributed by atoms with Gasteiger partial charge in [0.05, 0.1) is 0 Å². The van der Waals surface area contributed by atoms with Crippen molar-refractivity contribution in [1.29, 1.82) is 0 Å². The van der Waals surface area contributed by atoms with Crippen LogP contribution in [0.3, 0.4) is 0 Å². The molecule has 2 aromatic carbocycles.